The van der Waals surface area contributed by atoms with Gasteiger partial charge in [-0.1, -0.05) is 6.92 Å². The molecule has 0 aromatic heterocycles. The third-order valence-corrected chi connectivity index (χ3v) is 9.22. The van der Waals surface area contributed by atoms with Gasteiger partial charge in [-0.15, -0.1) is 0 Å². The van der Waals surface area contributed by atoms with Crippen LogP contribution < -0.4 is 24.8 Å². The van der Waals surface area contributed by atoms with Crippen molar-refractivity contribution in [3.63, 3.8) is 0 Å². The first-order valence-electron chi connectivity index (χ1n) is 15.1. The Kier molecular flexibility index (Phi) is 11.5. The lowest BCUT2D eigenvalue weighted by Crippen LogP contribution is -2.47. The minimum absolute atomic E-state index is 0.116. The summed E-state index contributed by atoms with van der Waals surface area (Å²) in [6.07, 6.45) is 2.69. The number of urea groups is 1. The molecule has 3 N–H and O–H groups in total. The lowest BCUT2D eigenvalue weighted by atomic mass is 10.0. The van der Waals surface area contributed by atoms with Gasteiger partial charge < -0.3 is 39.6 Å². The van der Waals surface area contributed by atoms with Crippen molar-refractivity contribution in [3.05, 3.63) is 42.0 Å². The number of carbonyl (C=O) groups excluding carboxylic acids is 2. The van der Waals surface area contributed by atoms with E-state index in [1.54, 1.807) is 43.3 Å². The fourth-order valence-corrected chi connectivity index (χ4v) is 5.54. The van der Waals surface area contributed by atoms with Crippen molar-refractivity contribution in [3.8, 4) is 17.2 Å². The lowest BCUT2D eigenvalue weighted by molar-refractivity contribution is -0.00828. The second kappa shape index (κ2) is 15.1. The summed E-state index contributed by atoms with van der Waals surface area (Å²) >= 11 is 0. The van der Waals surface area contributed by atoms with E-state index in [2.05, 4.69) is 10.6 Å². The van der Waals surface area contributed by atoms with E-state index in [1.165, 1.54) is 16.3 Å². The molecule has 14 heteroatoms. The quantitative estimate of drug-likeness (QED) is 0.407. The highest BCUT2D eigenvalue weighted by atomic mass is 32.2. The first kappa shape index (κ1) is 34.3. The first-order valence-corrected chi connectivity index (χ1v) is 16.9. The van der Waals surface area contributed by atoms with Gasteiger partial charge in [-0.25, -0.2) is 17.5 Å². The molecule has 0 spiro atoms. The lowest BCUT2D eigenvalue weighted by Gasteiger charge is -2.35. The van der Waals surface area contributed by atoms with Crippen molar-refractivity contribution < 1.29 is 42.1 Å². The molecule has 4 rings (SSSR count). The van der Waals surface area contributed by atoms with Crippen molar-refractivity contribution >= 4 is 33.3 Å². The Balaban J connectivity index is 1.61. The molecule has 4 atom stereocenters. The number of ether oxygens (including phenoxy) is 4. The SMILES string of the molecule is C[C@H](CO)N1C[C@H](C)[C@H](CN(C)S(C)(=O)=O)OCCCC[C@H](C)Oc2ccc(NC(=O)Nc3ccc4c(c3)OCO4)cc2C1=O. The van der Waals surface area contributed by atoms with Gasteiger partial charge in [0.2, 0.25) is 16.8 Å². The number of hydrogen-bond acceptors (Lipinski definition) is 9. The van der Waals surface area contributed by atoms with E-state index < -0.39 is 34.1 Å². The van der Waals surface area contributed by atoms with Crippen LogP contribution in [0.2, 0.25) is 0 Å². The number of sulfonamides is 1. The zero-order valence-electron chi connectivity index (χ0n) is 26.4. The number of aliphatic hydroxyl groups is 1. The summed E-state index contributed by atoms with van der Waals surface area (Å²) in [5.41, 5.74) is 1.08. The molecule has 2 aromatic carbocycles. The summed E-state index contributed by atoms with van der Waals surface area (Å²) in [5, 5.41) is 15.6. The third kappa shape index (κ3) is 9.22. The molecule has 2 aliphatic rings. The van der Waals surface area contributed by atoms with E-state index in [1.807, 2.05) is 13.8 Å². The molecule has 0 radical (unpaired) electrons. The highest BCUT2D eigenvalue weighted by molar-refractivity contribution is 7.88. The number of anilines is 2. The zero-order chi connectivity index (χ0) is 32.7. The topological polar surface area (TPSA) is 156 Å². The number of amides is 3. The summed E-state index contributed by atoms with van der Waals surface area (Å²) in [6.45, 7) is 6.11. The monoisotopic (exact) mass is 648 g/mol. The van der Waals surface area contributed by atoms with E-state index in [0.29, 0.717) is 41.7 Å². The van der Waals surface area contributed by atoms with Gasteiger partial charge in [0, 0.05) is 50.1 Å². The molecular weight excluding hydrogens is 604 g/mol. The molecule has 2 aromatic rings. The fraction of sp³-hybridized carbons (Fsp3) is 0.548. The Labute approximate surface area is 264 Å². The van der Waals surface area contributed by atoms with Crippen LogP contribution in [0, 0.1) is 5.92 Å². The largest absolute Gasteiger partial charge is 0.490 e. The summed E-state index contributed by atoms with van der Waals surface area (Å²) in [4.78, 5) is 28.7. The highest BCUT2D eigenvalue weighted by Gasteiger charge is 2.31. The Morgan fingerprint density at radius 3 is 2.42 bits per heavy atom. The summed E-state index contributed by atoms with van der Waals surface area (Å²) < 4.78 is 48.7. The number of benzene rings is 2. The van der Waals surface area contributed by atoms with Crippen LogP contribution in [0.1, 0.15) is 50.4 Å². The zero-order valence-corrected chi connectivity index (χ0v) is 27.3. The number of fused-ring (bicyclic) bond motifs is 2. The molecule has 0 aliphatic carbocycles. The van der Waals surface area contributed by atoms with Gasteiger partial charge >= 0.3 is 6.03 Å². The number of hydrogen-bond donors (Lipinski definition) is 3. The summed E-state index contributed by atoms with van der Waals surface area (Å²) in [6, 6.07) is 8.83. The van der Waals surface area contributed by atoms with Gasteiger partial charge in [-0.2, -0.15) is 0 Å². The predicted molar refractivity (Wildman–Crippen MR) is 170 cm³/mol. The van der Waals surface area contributed by atoms with Gasteiger partial charge in [0.05, 0.1) is 36.7 Å². The standard InChI is InChI=1S/C31H44N4O9S/c1-20-16-35(21(2)18-36)30(37)25-14-23(32-31(38)33-24-10-12-27-28(15-24)43-19-42-27)9-11-26(25)44-22(3)8-6-7-13-41-29(20)17-34(4)45(5,39)40/h9-12,14-15,20-22,29,36H,6-8,13,16-19H2,1-5H3,(H2,32,33,38)/t20-,21+,22-,29-/m0/s1. The van der Waals surface area contributed by atoms with E-state index in [4.69, 9.17) is 18.9 Å². The molecule has 2 aliphatic heterocycles. The molecule has 0 fully saturated rings. The minimum Gasteiger partial charge on any atom is -0.490 e. The average molecular weight is 649 g/mol. The molecule has 45 heavy (non-hydrogen) atoms. The van der Waals surface area contributed by atoms with Crippen molar-refractivity contribution in [2.24, 2.45) is 5.92 Å². The number of nitrogens with zero attached hydrogens (tertiary/aromatic N) is 2. The number of aliphatic hydroxyl groups excluding tert-OH is 1. The molecule has 0 saturated carbocycles. The van der Waals surface area contributed by atoms with Crippen LogP contribution in [0.4, 0.5) is 16.2 Å². The maximum atomic E-state index is 14.2. The smallest absolute Gasteiger partial charge is 0.323 e. The van der Waals surface area contributed by atoms with Crippen LogP contribution in [0.15, 0.2) is 36.4 Å². The Morgan fingerprint density at radius 1 is 1.07 bits per heavy atom. The van der Waals surface area contributed by atoms with Crippen LogP contribution in [0.5, 0.6) is 17.2 Å². The second-order valence-corrected chi connectivity index (χ2v) is 13.8. The maximum Gasteiger partial charge on any atom is 0.323 e. The van der Waals surface area contributed by atoms with Crippen molar-refractivity contribution in [1.82, 2.24) is 9.21 Å². The summed E-state index contributed by atoms with van der Waals surface area (Å²) in [7, 11) is -1.95. The van der Waals surface area contributed by atoms with Crippen LogP contribution in [0.25, 0.3) is 0 Å². The van der Waals surface area contributed by atoms with Crippen molar-refractivity contribution in [2.75, 3.05) is 57.0 Å². The fourth-order valence-electron chi connectivity index (χ4n) is 5.12. The van der Waals surface area contributed by atoms with Gasteiger partial charge in [0.15, 0.2) is 11.5 Å². The normalized spacial score (nSPS) is 21.8. The molecule has 0 bridgehead atoms. The number of likely N-dealkylation sites (N-methyl/N-ethyl adjacent to an activating group) is 1. The molecule has 2 heterocycles. The Morgan fingerprint density at radius 2 is 1.73 bits per heavy atom. The molecule has 248 valence electrons. The van der Waals surface area contributed by atoms with Crippen molar-refractivity contribution in [2.45, 2.75) is 58.3 Å². The van der Waals surface area contributed by atoms with E-state index in [-0.39, 0.29) is 44.1 Å². The molecule has 0 saturated heterocycles. The Bertz CT molecular complexity index is 1450. The molecule has 0 unspecified atom stereocenters. The van der Waals surface area contributed by atoms with E-state index in [0.717, 1.165) is 19.1 Å². The molecular formula is C31H44N4O9S. The van der Waals surface area contributed by atoms with Crippen LogP contribution >= 0.6 is 0 Å². The third-order valence-electron chi connectivity index (χ3n) is 7.94. The summed E-state index contributed by atoms with van der Waals surface area (Å²) in [5.74, 6) is 0.790. The van der Waals surface area contributed by atoms with Crippen LogP contribution in [0.3, 0.4) is 0 Å². The first-order chi connectivity index (χ1) is 21.3. The minimum atomic E-state index is -3.45. The van der Waals surface area contributed by atoms with Crippen LogP contribution in [-0.2, 0) is 14.8 Å². The van der Waals surface area contributed by atoms with E-state index >= 15 is 0 Å². The number of carbonyl (C=O) groups is 2. The predicted octanol–water partition coefficient (Wildman–Crippen LogP) is 3.75. The maximum absolute atomic E-state index is 14.2. The van der Waals surface area contributed by atoms with Gasteiger partial charge in [-0.05, 0) is 63.4 Å². The Hall–Kier alpha value is -3.59. The van der Waals surface area contributed by atoms with Crippen LogP contribution in [-0.4, -0.2) is 99.3 Å². The van der Waals surface area contributed by atoms with E-state index in [9.17, 15) is 23.1 Å². The number of rotatable bonds is 7. The highest BCUT2D eigenvalue weighted by Crippen LogP contribution is 2.34. The number of nitrogens with one attached hydrogen (secondary N) is 2. The van der Waals surface area contributed by atoms with Crippen molar-refractivity contribution in [1.29, 1.82) is 0 Å². The van der Waals surface area contributed by atoms with Gasteiger partial charge in [-0.3, -0.25) is 4.79 Å². The molecule has 3 amide bonds. The molecule has 13 nitrogen and oxygen atoms in total. The average Bonchev–Trinajstić information content (AvgIpc) is 3.46. The van der Waals surface area contributed by atoms with Gasteiger partial charge in [0.25, 0.3) is 5.91 Å². The van der Waals surface area contributed by atoms with Gasteiger partial charge in [0.1, 0.15) is 5.75 Å². The second-order valence-electron chi connectivity index (χ2n) is 11.7.